The molecule has 0 heterocycles. The molecule has 0 aliphatic rings. The van der Waals surface area contributed by atoms with Gasteiger partial charge in [-0.1, -0.05) is 30.3 Å². The first-order valence-electron chi connectivity index (χ1n) is 4.08. The van der Waals surface area contributed by atoms with Gasteiger partial charge in [0.05, 0.1) is 12.6 Å². The van der Waals surface area contributed by atoms with E-state index in [0.717, 1.165) is 5.56 Å². The zero-order valence-electron chi connectivity index (χ0n) is 7.57. The van der Waals surface area contributed by atoms with E-state index in [0.29, 0.717) is 0 Å². The van der Waals surface area contributed by atoms with Gasteiger partial charge in [-0.25, -0.2) is 0 Å². The summed E-state index contributed by atoms with van der Waals surface area (Å²) in [4.78, 5) is 2.01. The maximum atomic E-state index is 9.11. The zero-order valence-corrected chi connectivity index (χ0v) is 7.57. The Hall–Kier alpha value is -0.860. The first-order valence-corrected chi connectivity index (χ1v) is 4.08. The van der Waals surface area contributed by atoms with E-state index in [1.807, 2.05) is 49.3 Å². The van der Waals surface area contributed by atoms with Gasteiger partial charge < -0.3 is 10.0 Å². The van der Waals surface area contributed by atoms with Gasteiger partial charge in [0, 0.05) is 0 Å². The van der Waals surface area contributed by atoms with Crippen LogP contribution in [0.3, 0.4) is 0 Å². The van der Waals surface area contributed by atoms with E-state index in [-0.39, 0.29) is 12.6 Å². The van der Waals surface area contributed by atoms with E-state index in [9.17, 15) is 0 Å². The van der Waals surface area contributed by atoms with Crippen LogP contribution >= 0.6 is 0 Å². The molecule has 1 aromatic carbocycles. The number of benzene rings is 1. The molecule has 2 heteroatoms. The van der Waals surface area contributed by atoms with Crippen LogP contribution in [0, 0.1) is 0 Å². The number of aliphatic hydroxyl groups is 1. The number of likely N-dealkylation sites (N-methyl/N-ethyl adjacent to an activating group) is 1. The molecule has 0 saturated heterocycles. The fraction of sp³-hybridized carbons (Fsp3) is 0.400. The molecule has 0 amide bonds. The molecule has 0 bridgehead atoms. The van der Waals surface area contributed by atoms with Crippen LogP contribution in [0.15, 0.2) is 30.3 Å². The summed E-state index contributed by atoms with van der Waals surface area (Å²) >= 11 is 0. The van der Waals surface area contributed by atoms with E-state index in [1.165, 1.54) is 0 Å². The van der Waals surface area contributed by atoms with Gasteiger partial charge in [-0.2, -0.15) is 0 Å². The number of nitrogens with zero attached hydrogens (tertiary/aromatic N) is 1. The van der Waals surface area contributed by atoms with Crippen LogP contribution in [0.4, 0.5) is 0 Å². The Balaban J connectivity index is 2.80. The van der Waals surface area contributed by atoms with Crippen molar-refractivity contribution in [1.82, 2.24) is 4.90 Å². The molecule has 0 saturated carbocycles. The molecule has 1 rings (SSSR count). The first-order chi connectivity index (χ1) is 5.75. The Bertz CT molecular complexity index is 221. The summed E-state index contributed by atoms with van der Waals surface area (Å²) in [5.41, 5.74) is 1.16. The van der Waals surface area contributed by atoms with Crippen molar-refractivity contribution >= 4 is 0 Å². The molecule has 0 aromatic heterocycles. The predicted molar refractivity (Wildman–Crippen MR) is 50.0 cm³/mol. The molecular formula is C10H15NO. The monoisotopic (exact) mass is 165 g/mol. The van der Waals surface area contributed by atoms with Crippen LogP contribution in [0.5, 0.6) is 0 Å². The molecule has 2 nitrogen and oxygen atoms in total. The third-order valence-electron chi connectivity index (χ3n) is 1.98. The Morgan fingerprint density at radius 2 is 1.83 bits per heavy atom. The van der Waals surface area contributed by atoms with Crippen molar-refractivity contribution in [2.45, 2.75) is 6.04 Å². The summed E-state index contributed by atoms with van der Waals surface area (Å²) in [7, 11) is 3.93. The van der Waals surface area contributed by atoms with Gasteiger partial charge in [0.15, 0.2) is 0 Å². The topological polar surface area (TPSA) is 23.5 Å². The minimum Gasteiger partial charge on any atom is -0.394 e. The van der Waals surface area contributed by atoms with Crippen molar-refractivity contribution in [3.05, 3.63) is 35.9 Å². The van der Waals surface area contributed by atoms with Crippen molar-refractivity contribution in [2.75, 3.05) is 20.7 Å². The van der Waals surface area contributed by atoms with E-state index in [4.69, 9.17) is 5.11 Å². The van der Waals surface area contributed by atoms with Gasteiger partial charge in [-0.3, -0.25) is 0 Å². The highest BCUT2D eigenvalue weighted by molar-refractivity contribution is 5.18. The number of hydrogen-bond donors (Lipinski definition) is 1. The second-order valence-electron chi connectivity index (χ2n) is 3.07. The third kappa shape index (κ3) is 2.06. The van der Waals surface area contributed by atoms with Gasteiger partial charge in [-0.05, 0) is 19.7 Å². The molecule has 0 fully saturated rings. The smallest absolute Gasteiger partial charge is 0.0628 e. The normalized spacial score (nSPS) is 13.3. The average Bonchev–Trinajstić information content (AvgIpc) is 2.07. The Kier molecular flexibility index (Phi) is 3.26. The third-order valence-corrected chi connectivity index (χ3v) is 1.98. The number of hydrogen-bond acceptors (Lipinski definition) is 2. The lowest BCUT2D eigenvalue weighted by molar-refractivity contribution is 0.171. The van der Waals surface area contributed by atoms with Crippen LogP contribution in [-0.4, -0.2) is 30.7 Å². The van der Waals surface area contributed by atoms with Crippen LogP contribution in [0.2, 0.25) is 0 Å². The Morgan fingerprint density at radius 3 is 2.25 bits per heavy atom. The quantitative estimate of drug-likeness (QED) is 0.729. The highest BCUT2D eigenvalue weighted by Gasteiger charge is 2.10. The fourth-order valence-corrected chi connectivity index (χ4v) is 1.24. The summed E-state index contributed by atoms with van der Waals surface area (Å²) in [6, 6.07) is 10.1. The van der Waals surface area contributed by atoms with Gasteiger partial charge >= 0.3 is 0 Å². The minimum absolute atomic E-state index is 0.117. The van der Waals surface area contributed by atoms with E-state index >= 15 is 0 Å². The average molecular weight is 165 g/mol. The largest absolute Gasteiger partial charge is 0.394 e. The van der Waals surface area contributed by atoms with Crippen LogP contribution in [0.25, 0.3) is 0 Å². The molecule has 0 aliphatic carbocycles. The van der Waals surface area contributed by atoms with Crippen molar-refractivity contribution < 1.29 is 5.11 Å². The molecule has 0 aliphatic heterocycles. The van der Waals surface area contributed by atoms with E-state index in [1.54, 1.807) is 0 Å². The lowest BCUT2D eigenvalue weighted by Crippen LogP contribution is -2.22. The summed E-state index contributed by atoms with van der Waals surface area (Å²) in [6.07, 6.45) is 0. The molecule has 66 valence electrons. The van der Waals surface area contributed by atoms with Gasteiger partial charge in [0.2, 0.25) is 0 Å². The maximum absolute atomic E-state index is 9.11. The molecular weight excluding hydrogens is 150 g/mol. The lowest BCUT2D eigenvalue weighted by Gasteiger charge is -2.22. The number of rotatable bonds is 3. The molecule has 1 N–H and O–H groups in total. The summed E-state index contributed by atoms with van der Waals surface area (Å²) in [5.74, 6) is 0. The highest BCUT2D eigenvalue weighted by Crippen LogP contribution is 2.15. The molecule has 1 aromatic rings. The van der Waals surface area contributed by atoms with Crippen molar-refractivity contribution in [1.29, 1.82) is 0 Å². The van der Waals surface area contributed by atoms with E-state index < -0.39 is 0 Å². The van der Waals surface area contributed by atoms with Crippen molar-refractivity contribution in [3.63, 3.8) is 0 Å². The van der Waals surface area contributed by atoms with Gasteiger partial charge in [0.1, 0.15) is 0 Å². The molecule has 12 heavy (non-hydrogen) atoms. The first kappa shape index (κ1) is 9.23. The Labute approximate surface area is 73.4 Å². The lowest BCUT2D eigenvalue weighted by atomic mass is 10.1. The van der Waals surface area contributed by atoms with Crippen LogP contribution < -0.4 is 0 Å². The van der Waals surface area contributed by atoms with Crippen LogP contribution in [-0.2, 0) is 0 Å². The van der Waals surface area contributed by atoms with Gasteiger partial charge in [0.25, 0.3) is 0 Å². The summed E-state index contributed by atoms with van der Waals surface area (Å²) < 4.78 is 0. The fourth-order valence-electron chi connectivity index (χ4n) is 1.24. The summed E-state index contributed by atoms with van der Waals surface area (Å²) in [5, 5.41) is 9.11. The summed E-state index contributed by atoms with van der Waals surface area (Å²) in [6.45, 7) is 0.164. The Morgan fingerprint density at radius 1 is 1.25 bits per heavy atom. The maximum Gasteiger partial charge on any atom is 0.0628 e. The van der Waals surface area contributed by atoms with Crippen LogP contribution in [0.1, 0.15) is 11.6 Å². The van der Waals surface area contributed by atoms with Gasteiger partial charge in [-0.15, -0.1) is 0 Å². The second kappa shape index (κ2) is 4.24. The molecule has 0 spiro atoms. The zero-order chi connectivity index (χ0) is 8.97. The van der Waals surface area contributed by atoms with E-state index in [2.05, 4.69) is 0 Å². The molecule has 0 radical (unpaired) electrons. The predicted octanol–water partition coefficient (Wildman–Crippen LogP) is 1.28. The highest BCUT2D eigenvalue weighted by atomic mass is 16.3. The molecule has 1 atom stereocenters. The minimum atomic E-state index is 0.117. The van der Waals surface area contributed by atoms with Crippen molar-refractivity contribution in [3.8, 4) is 0 Å². The SMILES string of the molecule is CN(C)[C@H](CO)c1ccccc1. The number of aliphatic hydroxyl groups excluding tert-OH is 1. The second-order valence-corrected chi connectivity index (χ2v) is 3.07. The standard InChI is InChI=1S/C10H15NO/c1-11(2)10(8-12)9-6-4-3-5-7-9/h3-7,10,12H,8H2,1-2H3/t10-/m1/s1. The molecule has 0 unspecified atom stereocenters. The van der Waals surface area contributed by atoms with Crippen molar-refractivity contribution in [2.24, 2.45) is 0 Å².